The number of ether oxygens (including phenoxy) is 7. The molecule has 204 valence electrons. The zero-order valence-corrected chi connectivity index (χ0v) is 20.3. The van der Waals surface area contributed by atoms with E-state index in [9.17, 15) is 32.3 Å². The second-order valence-corrected chi connectivity index (χ2v) is 7.40. The Labute approximate surface area is 208 Å². The van der Waals surface area contributed by atoms with Crippen LogP contribution in [0.1, 0.15) is 20.8 Å². The zero-order chi connectivity index (χ0) is 27.9. The van der Waals surface area contributed by atoms with Crippen LogP contribution >= 0.6 is 0 Å². The maximum atomic E-state index is 13.9. The second kappa shape index (κ2) is 12.4. The van der Waals surface area contributed by atoms with E-state index in [-0.39, 0.29) is 5.69 Å². The molecule has 1 aliphatic rings. The molecule has 1 fully saturated rings. The van der Waals surface area contributed by atoms with Gasteiger partial charge in [-0.15, -0.1) is 0 Å². The summed E-state index contributed by atoms with van der Waals surface area (Å²) in [5.74, 6) is -5.74. The van der Waals surface area contributed by atoms with E-state index in [1.807, 2.05) is 0 Å². The van der Waals surface area contributed by atoms with Crippen molar-refractivity contribution in [2.45, 2.75) is 57.7 Å². The Hall–Kier alpha value is -3.88. The molecular formula is C22H24F3NO11. The number of hydrogen-bond acceptors (Lipinski definition) is 12. The molecule has 5 unspecified atom stereocenters. The first kappa shape index (κ1) is 29.4. The van der Waals surface area contributed by atoms with Crippen LogP contribution < -0.4 is 4.74 Å². The molecule has 1 aromatic carbocycles. The van der Waals surface area contributed by atoms with Crippen LogP contribution in [0.15, 0.2) is 29.3 Å². The number of hydrogen-bond donors (Lipinski definition) is 0. The molecular weight excluding hydrogens is 511 g/mol. The van der Waals surface area contributed by atoms with E-state index in [0.29, 0.717) is 5.75 Å². The lowest BCUT2D eigenvalue weighted by molar-refractivity contribution is -0.288. The predicted molar refractivity (Wildman–Crippen MR) is 115 cm³/mol. The fourth-order valence-corrected chi connectivity index (χ4v) is 3.22. The summed E-state index contributed by atoms with van der Waals surface area (Å²) in [6.45, 7) is 2.79. The van der Waals surface area contributed by atoms with E-state index in [1.54, 1.807) is 0 Å². The van der Waals surface area contributed by atoms with Gasteiger partial charge in [0.25, 0.3) is 5.90 Å². The Morgan fingerprint density at radius 2 is 1.32 bits per heavy atom. The van der Waals surface area contributed by atoms with Gasteiger partial charge in [-0.1, -0.05) is 0 Å². The lowest BCUT2D eigenvalue weighted by Crippen LogP contribution is -2.64. The maximum absolute atomic E-state index is 13.9. The van der Waals surface area contributed by atoms with E-state index in [2.05, 4.69) is 9.73 Å². The fourth-order valence-electron chi connectivity index (χ4n) is 3.22. The van der Waals surface area contributed by atoms with Gasteiger partial charge in [0, 0.05) is 20.8 Å². The number of halogens is 3. The number of rotatable bonds is 7. The highest BCUT2D eigenvalue weighted by atomic mass is 19.4. The molecule has 1 saturated heterocycles. The van der Waals surface area contributed by atoms with Crippen LogP contribution in [0.3, 0.4) is 0 Å². The topological polar surface area (TPSA) is 145 Å². The first-order valence-corrected chi connectivity index (χ1v) is 10.5. The summed E-state index contributed by atoms with van der Waals surface area (Å²) in [5, 5.41) is 0. The van der Waals surface area contributed by atoms with Crippen LogP contribution in [-0.2, 0) is 47.6 Å². The fraction of sp³-hybridized carbons (Fsp3) is 0.500. The Morgan fingerprint density at radius 3 is 1.78 bits per heavy atom. The van der Waals surface area contributed by atoms with Gasteiger partial charge in [0.15, 0.2) is 18.3 Å². The van der Waals surface area contributed by atoms with Crippen molar-refractivity contribution in [1.82, 2.24) is 0 Å². The molecule has 12 nitrogen and oxygen atoms in total. The van der Waals surface area contributed by atoms with E-state index in [0.717, 1.165) is 27.9 Å². The van der Waals surface area contributed by atoms with Crippen molar-refractivity contribution < 1.29 is 65.5 Å². The van der Waals surface area contributed by atoms with Gasteiger partial charge >= 0.3 is 30.1 Å². The Bertz CT molecular complexity index is 1030. The average molecular weight is 535 g/mol. The molecule has 0 radical (unpaired) electrons. The van der Waals surface area contributed by atoms with Crippen molar-refractivity contribution in [3.8, 4) is 5.75 Å². The molecule has 0 aromatic heterocycles. The number of nitrogens with zero attached hydrogens (tertiary/aromatic N) is 1. The number of esters is 4. The van der Waals surface area contributed by atoms with Gasteiger partial charge in [-0.05, 0) is 24.3 Å². The molecule has 1 aliphatic heterocycles. The first-order chi connectivity index (χ1) is 17.3. The van der Waals surface area contributed by atoms with Crippen LogP contribution in [0, 0.1) is 0 Å². The second-order valence-electron chi connectivity index (χ2n) is 7.40. The maximum Gasteiger partial charge on any atom is 0.468 e. The largest absolute Gasteiger partial charge is 0.497 e. The molecule has 0 aliphatic carbocycles. The third kappa shape index (κ3) is 8.06. The van der Waals surface area contributed by atoms with Crippen molar-refractivity contribution in [2.75, 3.05) is 14.2 Å². The molecule has 2 rings (SSSR count). The minimum atomic E-state index is -5.20. The van der Waals surface area contributed by atoms with Crippen molar-refractivity contribution >= 4 is 35.5 Å². The lowest BCUT2D eigenvalue weighted by Gasteiger charge is -2.43. The zero-order valence-electron chi connectivity index (χ0n) is 20.3. The van der Waals surface area contributed by atoms with Crippen LogP contribution in [-0.4, -0.2) is 80.9 Å². The van der Waals surface area contributed by atoms with Crippen LogP contribution in [0.4, 0.5) is 18.9 Å². The normalized spacial score (nSPS) is 23.9. The minimum Gasteiger partial charge on any atom is -0.497 e. The Balaban J connectivity index is 2.59. The molecule has 0 N–H and O–H groups in total. The first-order valence-electron chi connectivity index (χ1n) is 10.5. The van der Waals surface area contributed by atoms with Crippen molar-refractivity contribution in [3.05, 3.63) is 24.3 Å². The summed E-state index contributed by atoms with van der Waals surface area (Å²) < 4.78 is 76.7. The third-order valence-corrected chi connectivity index (χ3v) is 4.61. The number of aliphatic imine (C=N–C) groups is 1. The van der Waals surface area contributed by atoms with Gasteiger partial charge in [0.05, 0.1) is 19.9 Å². The molecule has 1 aromatic rings. The van der Waals surface area contributed by atoms with E-state index in [1.165, 1.54) is 31.4 Å². The molecule has 0 amide bonds. The highest BCUT2D eigenvalue weighted by Gasteiger charge is 2.57. The van der Waals surface area contributed by atoms with Gasteiger partial charge in [-0.3, -0.25) is 14.4 Å². The third-order valence-electron chi connectivity index (χ3n) is 4.61. The molecule has 1 heterocycles. The summed E-state index contributed by atoms with van der Waals surface area (Å²) in [4.78, 5) is 51.1. The molecule has 15 heteroatoms. The SMILES string of the molecule is COC(=O)C1OC(OC(=Nc2ccc(OC)cc2)C(F)(F)F)C(OC(C)=O)C(OC(C)=O)C1OC(C)=O. The number of benzene rings is 1. The molecule has 37 heavy (non-hydrogen) atoms. The van der Waals surface area contributed by atoms with Crippen molar-refractivity contribution in [2.24, 2.45) is 4.99 Å². The van der Waals surface area contributed by atoms with Crippen molar-refractivity contribution in [1.29, 1.82) is 0 Å². The van der Waals surface area contributed by atoms with E-state index < -0.39 is 66.7 Å². The summed E-state index contributed by atoms with van der Waals surface area (Å²) >= 11 is 0. The quantitative estimate of drug-likeness (QED) is 0.219. The molecule has 0 saturated carbocycles. The highest BCUT2D eigenvalue weighted by molar-refractivity contribution is 5.85. The molecule has 0 spiro atoms. The Kier molecular flexibility index (Phi) is 9.82. The summed E-state index contributed by atoms with van der Waals surface area (Å²) in [6.07, 6.45) is -14.9. The molecule has 5 atom stereocenters. The lowest BCUT2D eigenvalue weighted by atomic mass is 9.97. The average Bonchev–Trinajstić information content (AvgIpc) is 2.80. The van der Waals surface area contributed by atoms with Gasteiger partial charge in [0.2, 0.25) is 12.4 Å². The van der Waals surface area contributed by atoms with Gasteiger partial charge in [-0.2, -0.15) is 13.2 Å². The van der Waals surface area contributed by atoms with Gasteiger partial charge < -0.3 is 33.2 Å². The van der Waals surface area contributed by atoms with Gasteiger partial charge in [-0.25, -0.2) is 9.79 Å². The summed E-state index contributed by atoms with van der Waals surface area (Å²) in [7, 11) is 2.29. The predicted octanol–water partition coefficient (Wildman–Crippen LogP) is 2.00. The number of carbonyl (C=O) groups excluding carboxylic acids is 4. The van der Waals surface area contributed by atoms with Crippen LogP contribution in [0.5, 0.6) is 5.75 Å². The highest BCUT2D eigenvalue weighted by Crippen LogP contribution is 2.33. The van der Waals surface area contributed by atoms with Crippen molar-refractivity contribution in [3.63, 3.8) is 0 Å². The van der Waals surface area contributed by atoms with E-state index >= 15 is 0 Å². The number of alkyl halides is 3. The van der Waals surface area contributed by atoms with Crippen LogP contribution in [0.25, 0.3) is 0 Å². The smallest absolute Gasteiger partial charge is 0.468 e. The Morgan fingerprint density at radius 1 is 0.811 bits per heavy atom. The minimum absolute atomic E-state index is 0.202. The summed E-state index contributed by atoms with van der Waals surface area (Å²) in [6, 6.07) is 5.10. The van der Waals surface area contributed by atoms with Gasteiger partial charge in [0.1, 0.15) is 5.75 Å². The standard InChI is InChI=1S/C22H24F3NO11/c1-10(27)33-15-16(34-11(2)28)18(35-12(3)29)20(36-17(15)19(30)32-5)37-21(22(23,24)25)26-13-6-8-14(31-4)9-7-13/h6-9,15-18,20H,1-5H3. The number of carbonyl (C=O) groups is 4. The van der Waals surface area contributed by atoms with Crippen LogP contribution in [0.2, 0.25) is 0 Å². The number of methoxy groups -OCH3 is 2. The summed E-state index contributed by atoms with van der Waals surface area (Å²) in [5.41, 5.74) is -0.202. The molecule has 0 bridgehead atoms. The van der Waals surface area contributed by atoms with E-state index in [4.69, 9.17) is 28.4 Å². The monoisotopic (exact) mass is 535 g/mol.